The van der Waals surface area contributed by atoms with Gasteiger partial charge in [0.1, 0.15) is 11.9 Å². The highest BCUT2D eigenvalue weighted by Gasteiger charge is 2.53. The van der Waals surface area contributed by atoms with Crippen molar-refractivity contribution in [3.8, 4) is 5.75 Å². The van der Waals surface area contributed by atoms with E-state index >= 15 is 0 Å². The maximum absolute atomic E-state index is 12.9. The molecule has 4 aliphatic rings. The Labute approximate surface area is 186 Å². The van der Waals surface area contributed by atoms with Gasteiger partial charge in [-0.3, -0.25) is 9.69 Å². The zero-order valence-electron chi connectivity index (χ0n) is 19.2. The maximum atomic E-state index is 12.9. The van der Waals surface area contributed by atoms with Crippen molar-refractivity contribution in [2.45, 2.75) is 52.1 Å². The van der Waals surface area contributed by atoms with E-state index in [9.17, 15) is 4.79 Å². The molecular weight excluding hydrogens is 388 g/mol. The van der Waals surface area contributed by atoms with Crippen molar-refractivity contribution in [3.05, 3.63) is 35.4 Å². The Kier molecular flexibility index (Phi) is 5.49. The lowest BCUT2D eigenvalue weighted by Gasteiger charge is -2.46. The molecule has 168 valence electrons. The Hall–Kier alpha value is -2.01. The second-order valence-corrected chi connectivity index (χ2v) is 10.3. The van der Waals surface area contributed by atoms with E-state index < -0.39 is 0 Å². The van der Waals surface area contributed by atoms with E-state index in [1.807, 2.05) is 12.1 Å². The van der Waals surface area contributed by atoms with Gasteiger partial charge >= 0.3 is 5.97 Å². The van der Waals surface area contributed by atoms with Crippen LogP contribution in [-0.2, 0) is 9.53 Å². The van der Waals surface area contributed by atoms with Gasteiger partial charge in [0.15, 0.2) is 0 Å². The SMILES string of the molecule is COc1ccc(N2CCN(C[C@@H]3C(=O)O[C@@H]4C[C@@]5(C)CCCC(C)=C5C[C@H]34)CC2)cc1. The van der Waals surface area contributed by atoms with Crippen LogP contribution in [0.3, 0.4) is 0 Å². The quantitative estimate of drug-likeness (QED) is 0.533. The van der Waals surface area contributed by atoms with Crippen molar-refractivity contribution < 1.29 is 14.3 Å². The van der Waals surface area contributed by atoms with Crippen molar-refractivity contribution >= 4 is 11.7 Å². The first-order chi connectivity index (χ1) is 15.0. The maximum Gasteiger partial charge on any atom is 0.310 e. The molecule has 0 unspecified atom stereocenters. The van der Waals surface area contributed by atoms with E-state index in [1.54, 1.807) is 18.3 Å². The lowest BCUT2D eigenvalue weighted by Crippen LogP contribution is -2.49. The molecule has 5 rings (SSSR count). The second-order valence-electron chi connectivity index (χ2n) is 10.3. The number of benzene rings is 1. The van der Waals surface area contributed by atoms with Crippen LogP contribution in [0.4, 0.5) is 5.69 Å². The second kappa shape index (κ2) is 8.16. The summed E-state index contributed by atoms with van der Waals surface area (Å²) in [5.41, 5.74) is 4.72. The van der Waals surface area contributed by atoms with Crippen LogP contribution >= 0.6 is 0 Å². The zero-order valence-corrected chi connectivity index (χ0v) is 19.2. The van der Waals surface area contributed by atoms with E-state index in [1.165, 1.54) is 24.9 Å². The molecule has 2 heterocycles. The highest BCUT2D eigenvalue weighted by atomic mass is 16.6. The minimum absolute atomic E-state index is 0.0318. The summed E-state index contributed by atoms with van der Waals surface area (Å²) >= 11 is 0. The van der Waals surface area contributed by atoms with E-state index in [0.717, 1.165) is 51.3 Å². The molecule has 1 aromatic rings. The van der Waals surface area contributed by atoms with Gasteiger partial charge in [-0.05, 0) is 68.7 Å². The van der Waals surface area contributed by atoms with Gasteiger partial charge in [-0.25, -0.2) is 0 Å². The number of fused-ring (bicyclic) bond motifs is 2. The summed E-state index contributed by atoms with van der Waals surface area (Å²) in [5.74, 6) is 1.34. The van der Waals surface area contributed by atoms with Crippen LogP contribution in [0.5, 0.6) is 5.75 Å². The number of anilines is 1. The van der Waals surface area contributed by atoms with Crippen LogP contribution in [0.1, 0.15) is 46.0 Å². The van der Waals surface area contributed by atoms with E-state index in [-0.39, 0.29) is 23.4 Å². The fraction of sp³-hybridized carbons (Fsp3) is 0.654. The number of esters is 1. The monoisotopic (exact) mass is 424 g/mol. The molecule has 5 heteroatoms. The number of allylic oxidation sites excluding steroid dienone is 2. The van der Waals surface area contributed by atoms with Gasteiger partial charge in [0.05, 0.1) is 13.0 Å². The summed E-state index contributed by atoms with van der Waals surface area (Å²) in [5, 5.41) is 0. The smallest absolute Gasteiger partial charge is 0.310 e. The number of methoxy groups -OCH3 is 1. The average Bonchev–Trinajstić information content (AvgIpc) is 3.06. The Balaban J connectivity index is 1.22. The number of rotatable bonds is 4. The summed E-state index contributed by atoms with van der Waals surface area (Å²) in [7, 11) is 1.70. The van der Waals surface area contributed by atoms with Crippen molar-refractivity contribution in [3.63, 3.8) is 0 Å². The number of hydrogen-bond acceptors (Lipinski definition) is 5. The third kappa shape index (κ3) is 3.86. The topological polar surface area (TPSA) is 42.0 Å². The third-order valence-electron chi connectivity index (χ3n) is 8.44. The molecule has 31 heavy (non-hydrogen) atoms. The predicted molar refractivity (Wildman–Crippen MR) is 122 cm³/mol. The number of carbonyl (C=O) groups excluding carboxylic acids is 1. The number of piperazine rings is 1. The van der Waals surface area contributed by atoms with E-state index in [2.05, 4.69) is 35.8 Å². The standard InChI is InChI=1S/C26H36N2O3/c1-18-5-4-10-26(2)16-24-21(15-23(18)26)22(25(29)31-24)17-27-11-13-28(14-12-27)19-6-8-20(30-3)9-7-19/h6-9,21-22,24H,4-5,10-17H2,1-3H3/t21-,22+,24-,26-/m1/s1. The van der Waals surface area contributed by atoms with Crippen molar-refractivity contribution in [2.24, 2.45) is 17.3 Å². The van der Waals surface area contributed by atoms with Crippen molar-refractivity contribution in [2.75, 3.05) is 44.7 Å². The summed E-state index contributed by atoms with van der Waals surface area (Å²) in [4.78, 5) is 17.8. The molecule has 3 fully saturated rings. The zero-order chi connectivity index (χ0) is 21.6. The molecule has 1 saturated carbocycles. The molecule has 4 atom stereocenters. The number of hydrogen-bond donors (Lipinski definition) is 0. The number of ether oxygens (including phenoxy) is 2. The Morgan fingerprint density at radius 3 is 2.61 bits per heavy atom. The first-order valence-corrected chi connectivity index (χ1v) is 12.0. The average molecular weight is 425 g/mol. The predicted octanol–water partition coefficient (Wildman–Crippen LogP) is 4.28. The molecule has 0 N–H and O–H groups in total. The van der Waals surface area contributed by atoms with Crippen LogP contribution in [0.25, 0.3) is 0 Å². The van der Waals surface area contributed by atoms with Crippen molar-refractivity contribution in [1.29, 1.82) is 0 Å². The summed E-state index contributed by atoms with van der Waals surface area (Å²) in [6.45, 7) is 9.53. The van der Waals surface area contributed by atoms with Gasteiger partial charge in [0.2, 0.25) is 0 Å². The lowest BCUT2D eigenvalue weighted by atomic mass is 9.59. The molecule has 2 aliphatic carbocycles. The molecule has 0 spiro atoms. The van der Waals surface area contributed by atoms with Crippen LogP contribution in [-0.4, -0.2) is 56.8 Å². The van der Waals surface area contributed by atoms with Crippen LogP contribution in [0.2, 0.25) is 0 Å². The molecule has 0 amide bonds. The van der Waals surface area contributed by atoms with Gasteiger partial charge in [-0.2, -0.15) is 0 Å². The highest BCUT2D eigenvalue weighted by Crippen LogP contribution is 2.55. The van der Waals surface area contributed by atoms with Crippen LogP contribution in [0.15, 0.2) is 35.4 Å². The molecule has 5 nitrogen and oxygen atoms in total. The molecule has 0 bridgehead atoms. The molecular formula is C26H36N2O3. The Bertz CT molecular complexity index is 856. The highest BCUT2D eigenvalue weighted by molar-refractivity contribution is 5.76. The summed E-state index contributed by atoms with van der Waals surface area (Å²) in [6.07, 6.45) is 5.97. The van der Waals surface area contributed by atoms with Gasteiger partial charge in [-0.1, -0.05) is 18.1 Å². The third-order valence-corrected chi connectivity index (χ3v) is 8.44. The largest absolute Gasteiger partial charge is 0.497 e. The fourth-order valence-corrected chi connectivity index (χ4v) is 6.58. The number of carbonyl (C=O) groups is 1. The first kappa shape index (κ1) is 20.9. The molecule has 2 aliphatic heterocycles. The molecule has 1 aromatic carbocycles. The first-order valence-electron chi connectivity index (χ1n) is 12.0. The van der Waals surface area contributed by atoms with Gasteiger partial charge in [0.25, 0.3) is 0 Å². The molecule has 0 aromatic heterocycles. The summed E-state index contributed by atoms with van der Waals surface area (Å²) < 4.78 is 11.2. The minimum Gasteiger partial charge on any atom is -0.497 e. The van der Waals surface area contributed by atoms with E-state index in [0.29, 0.717) is 5.92 Å². The lowest BCUT2D eigenvalue weighted by molar-refractivity contribution is -0.145. The van der Waals surface area contributed by atoms with Crippen molar-refractivity contribution in [1.82, 2.24) is 4.90 Å². The fourth-order valence-electron chi connectivity index (χ4n) is 6.58. The van der Waals surface area contributed by atoms with Gasteiger partial charge < -0.3 is 14.4 Å². The minimum atomic E-state index is 0.0318. The molecule has 0 radical (unpaired) electrons. The number of nitrogens with zero attached hydrogens (tertiary/aromatic N) is 2. The van der Waals surface area contributed by atoms with E-state index in [4.69, 9.17) is 9.47 Å². The van der Waals surface area contributed by atoms with Gasteiger partial charge in [-0.15, -0.1) is 0 Å². The van der Waals surface area contributed by atoms with Gasteiger partial charge in [0, 0.05) is 44.3 Å². The Morgan fingerprint density at radius 1 is 1.16 bits per heavy atom. The normalized spacial score (nSPS) is 33.7. The summed E-state index contributed by atoms with van der Waals surface area (Å²) in [6, 6.07) is 8.31. The van der Waals surface area contributed by atoms with Crippen LogP contribution in [0, 0.1) is 17.3 Å². The molecule has 2 saturated heterocycles. The van der Waals surface area contributed by atoms with Crippen LogP contribution < -0.4 is 9.64 Å². The Morgan fingerprint density at radius 2 is 1.90 bits per heavy atom.